The Labute approximate surface area is 149 Å². The molecular weight excluding hydrogens is 348 g/mol. The van der Waals surface area contributed by atoms with Crippen molar-refractivity contribution in [2.45, 2.75) is 26.4 Å². The first-order chi connectivity index (χ1) is 9.76. The Morgan fingerprint density at radius 2 is 1.48 bits per heavy atom. The number of aryl methyl sites for hydroxylation is 1. The van der Waals surface area contributed by atoms with E-state index in [-0.39, 0.29) is 26.2 Å². The predicted octanol–water partition coefficient (Wildman–Crippen LogP) is 5.24. The van der Waals surface area contributed by atoms with Gasteiger partial charge in [-0.25, -0.2) is 0 Å². The summed E-state index contributed by atoms with van der Waals surface area (Å²) in [6, 6.07) is 21.6. The molecule has 0 saturated heterocycles. The molecule has 0 nitrogen and oxygen atoms in total. The van der Waals surface area contributed by atoms with E-state index in [1.165, 1.54) is 27.5 Å². The molecule has 0 bridgehead atoms. The van der Waals surface area contributed by atoms with Crippen molar-refractivity contribution >= 4 is 20.3 Å². The number of benzene rings is 2. The molecule has 0 unspecified atom stereocenters. The summed E-state index contributed by atoms with van der Waals surface area (Å²) in [6.45, 7) is 6.51. The Morgan fingerprint density at radius 3 is 2.14 bits per heavy atom. The summed E-state index contributed by atoms with van der Waals surface area (Å²) < 4.78 is 0. The maximum atomic E-state index is 2.29. The SMILES string of the molecule is C[Si]C.Cc1[cH-]c2ccccc2c1Cc1ccccc1.[Zr]. The molecule has 0 spiro atoms. The molecule has 21 heavy (non-hydrogen) atoms. The zero-order valence-electron chi connectivity index (χ0n) is 13.0. The van der Waals surface area contributed by atoms with Gasteiger partial charge in [0.1, 0.15) is 0 Å². The zero-order valence-corrected chi connectivity index (χ0v) is 16.4. The van der Waals surface area contributed by atoms with Crippen molar-refractivity contribution in [1.82, 2.24) is 0 Å². The van der Waals surface area contributed by atoms with Crippen molar-refractivity contribution in [2.75, 3.05) is 0 Å². The average Bonchev–Trinajstić information content (AvgIpc) is 2.77. The van der Waals surface area contributed by atoms with Crippen LogP contribution >= 0.6 is 0 Å². The van der Waals surface area contributed by atoms with E-state index in [4.69, 9.17) is 0 Å². The molecule has 0 aliphatic carbocycles. The van der Waals surface area contributed by atoms with Gasteiger partial charge in [-0.15, -0.1) is 46.2 Å². The normalized spacial score (nSPS) is 9.67. The molecule has 0 atom stereocenters. The van der Waals surface area contributed by atoms with Gasteiger partial charge < -0.3 is 0 Å². The van der Waals surface area contributed by atoms with Crippen LogP contribution in [0.5, 0.6) is 0 Å². The van der Waals surface area contributed by atoms with Gasteiger partial charge in [0, 0.05) is 35.7 Å². The third-order valence-electron chi connectivity index (χ3n) is 3.36. The van der Waals surface area contributed by atoms with E-state index in [1.54, 1.807) is 0 Å². The number of hydrogen-bond acceptors (Lipinski definition) is 0. The van der Waals surface area contributed by atoms with E-state index in [0.717, 1.165) is 15.9 Å². The minimum absolute atomic E-state index is 0. The maximum absolute atomic E-state index is 2.29. The average molecular weight is 369 g/mol. The molecule has 0 saturated carbocycles. The first kappa shape index (κ1) is 18.2. The van der Waals surface area contributed by atoms with Crippen LogP contribution < -0.4 is 0 Å². The van der Waals surface area contributed by atoms with Gasteiger partial charge in [0.05, 0.1) is 0 Å². The molecule has 2 heteroatoms. The van der Waals surface area contributed by atoms with Gasteiger partial charge in [0.25, 0.3) is 0 Å². The Kier molecular flexibility index (Phi) is 8.00. The van der Waals surface area contributed by atoms with E-state index >= 15 is 0 Å². The summed E-state index contributed by atoms with van der Waals surface area (Å²) in [7, 11) is 1.08. The van der Waals surface area contributed by atoms with Crippen LogP contribution in [0.2, 0.25) is 13.1 Å². The summed E-state index contributed by atoms with van der Waals surface area (Å²) in [5, 5.41) is 2.75. The van der Waals surface area contributed by atoms with Gasteiger partial charge in [0.2, 0.25) is 0 Å². The van der Waals surface area contributed by atoms with Gasteiger partial charge in [0.15, 0.2) is 0 Å². The molecule has 3 aromatic rings. The quantitative estimate of drug-likeness (QED) is 0.428. The van der Waals surface area contributed by atoms with Crippen LogP contribution in [0.25, 0.3) is 10.8 Å². The summed E-state index contributed by atoms with van der Waals surface area (Å²) >= 11 is 0. The minimum Gasteiger partial charge on any atom is -0.150 e. The summed E-state index contributed by atoms with van der Waals surface area (Å²) in [5.74, 6) is 0. The molecule has 0 amide bonds. The van der Waals surface area contributed by atoms with Crippen LogP contribution in [0.3, 0.4) is 0 Å². The Hall–Kier alpha value is -0.850. The molecule has 3 aromatic carbocycles. The van der Waals surface area contributed by atoms with Gasteiger partial charge in [-0.2, -0.15) is 0 Å². The smallest absolute Gasteiger partial charge is 0.0307 e. The first-order valence-corrected chi connectivity index (χ1v) is 9.02. The summed E-state index contributed by atoms with van der Waals surface area (Å²) in [4.78, 5) is 0. The van der Waals surface area contributed by atoms with Crippen LogP contribution in [0.4, 0.5) is 0 Å². The number of rotatable bonds is 2. The van der Waals surface area contributed by atoms with Gasteiger partial charge >= 0.3 is 0 Å². The topological polar surface area (TPSA) is 0 Å². The van der Waals surface area contributed by atoms with Crippen molar-refractivity contribution in [3.8, 4) is 0 Å². The van der Waals surface area contributed by atoms with E-state index in [1.807, 2.05) is 0 Å². The van der Waals surface area contributed by atoms with Crippen molar-refractivity contribution in [1.29, 1.82) is 0 Å². The van der Waals surface area contributed by atoms with Gasteiger partial charge in [-0.3, -0.25) is 0 Å². The van der Waals surface area contributed by atoms with Crippen molar-refractivity contribution < 1.29 is 26.2 Å². The largest absolute Gasteiger partial charge is 0.150 e. The van der Waals surface area contributed by atoms with Crippen LogP contribution in [0.15, 0.2) is 60.7 Å². The van der Waals surface area contributed by atoms with Crippen LogP contribution in [-0.4, -0.2) is 9.52 Å². The molecule has 0 aliphatic heterocycles. The zero-order chi connectivity index (χ0) is 14.4. The summed E-state index contributed by atoms with van der Waals surface area (Å²) in [5.41, 5.74) is 4.24. The molecule has 0 N–H and O–H groups in total. The molecule has 0 aromatic heterocycles. The first-order valence-electron chi connectivity index (χ1n) is 7.02. The molecule has 0 aliphatic rings. The molecule has 0 fully saturated rings. The second-order valence-corrected chi connectivity index (χ2v) is 6.06. The van der Waals surface area contributed by atoms with Gasteiger partial charge in [-0.1, -0.05) is 62.0 Å². The second-order valence-electron chi connectivity index (χ2n) is 5.06. The van der Waals surface area contributed by atoms with E-state index in [9.17, 15) is 0 Å². The molecule has 0 heterocycles. The minimum atomic E-state index is 0. The third-order valence-corrected chi connectivity index (χ3v) is 3.36. The van der Waals surface area contributed by atoms with Crippen molar-refractivity contribution in [2.24, 2.45) is 0 Å². The summed E-state index contributed by atoms with van der Waals surface area (Å²) in [6.07, 6.45) is 1.03. The monoisotopic (exact) mass is 367 g/mol. The molecule has 106 valence electrons. The Balaban J connectivity index is 0.000000510. The Morgan fingerprint density at radius 1 is 0.905 bits per heavy atom. The predicted molar refractivity (Wildman–Crippen MR) is 91.0 cm³/mol. The Bertz CT molecular complexity index is 656. The van der Waals surface area contributed by atoms with E-state index in [0.29, 0.717) is 0 Å². The van der Waals surface area contributed by atoms with Gasteiger partial charge in [-0.05, 0) is 6.42 Å². The fourth-order valence-corrected chi connectivity index (χ4v) is 2.47. The van der Waals surface area contributed by atoms with E-state index in [2.05, 4.69) is 80.7 Å². The molecular formula is C19H21SiZr-. The van der Waals surface area contributed by atoms with Crippen LogP contribution in [0.1, 0.15) is 16.7 Å². The number of fused-ring (bicyclic) bond motifs is 1. The molecule has 3 rings (SSSR count). The second kappa shape index (κ2) is 9.23. The van der Waals surface area contributed by atoms with Crippen molar-refractivity contribution in [3.05, 3.63) is 77.4 Å². The standard InChI is InChI=1S/C17H15.C2H6Si.Zr/c1-13-11-15-9-5-6-10-16(15)17(13)12-14-7-3-2-4-8-14;1-3-2;/h2-11H,12H2,1H3;1-2H3;/q-1;;. The fourth-order valence-electron chi connectivity index (χ4n) is 2.47. The third kappa shape index (κ3) is 4.83. The maximum Gasteiger partial charge on any atom is 0.0307 e. The number of hydrogen-bond donors (Lipinski definition) is 0. The van der Waals surface area contributed by atoms with Crippen molar-refractivity contribution in [3.63, 3.8) is 0 Å². The van der Waals surface area contributed by atoms with Crippen LogP contribution in [0, 0.1) is 6.92 Å². The molecule has 2 radical (unpaired) electrons. The fraction of sp³-hybridized carbons (Fsp3) is 0.211. The van der Waals surface area contributed by atoms with Crippen LogP contribution in [-0.2, 0) is 32.6 Å². The van der Waals surface area contributed by atoms with E-state index < -0.39 is 0 Å².